The highest BCUT2D eigenvalue weighted by atomic mass is 16.3. The van der Waals surface area contributed by atoms with E-state index >= 15 is 0 Å². The van der Waals surface area contributed by atoms with Gasteiger partial charge in [-0.3, -0.25) is 4.79 Å². The van der Waals surface area contributed by atoms with Crippen molar-refractivity contribution in [3.8, 4) is 6.07 Å². The van der Waals surface area contributed by atoms with Crippen molar-refractivity contribution in [2.75, 3.05) is 13.0 Å². The molecule has 2 N–H and O–H groups in total. The zero-order valence-corrected chi connectivity index (χ0v) is 12.8. The van der Waals surface area contributed by atoms with Gasteiger partial charge < -0.3 is 15.3 Å². The molecule has 5 fully saturated rings. The van der Waals surface area contributed by atoms with Crippen molar-refractivity contribution < 1.29 is 14.0 Å². The topological polar surface area (TPSA) is 76.4 Å². The van der Waals surface area contributed by atoms with Crippen LogP contribution < -0.4 is 5.32 Å². The lowest BCUT2D eigenvalue weighted by Crippen LogP contribution is -2.65. The van der Waals surface area contributed by atoms with Gasteiger partial charge in [-0.2, -0.15) is 5.26 Å². The molecule has 4 bridgehead atoms. The number of rotatable bonds is 3. The van der Waals surface area contributed by atoms with Crippen LogP contribution in [0.3, 0.4) is 0 Å². The molecule has 3 atom stereocenters. The molecular formula is C17H25N3O2. The molecule has 120 valence electrons. The van der Waals surface area contributed by atoms with E-state index in [4.69, 9.17) is 4.11 Å². The number of carbonyl (C=O) groups excluding carboxylic acids is 1. The Labute approximate surface area is 135 Å². The van der Waals surface area contributed by atoms with Crippen molar-refractivity contribution in [1.82, 2.24) is 10.2 Å². The van der Waals surface area contributed by atoms with Crippen LogP contribution >= 0.6 is 0 Å². The summed E-state index contributed by atoms with van der Waals surface area (Å²) in [4.78, 5) is 13.5. The second kappa shape index (κ2) is 4.94. The average molecular weight is 306 g/mol. The van der Waals surface area contributed by atoms with Gasteiger partial charge in [0.25, 0.3) is 0 Å². The van der Waals surface area contributed by atoms with Gasteiger partial charge >= 0.3 is 0 Å². The lowest BCUT2D eigenvalue weighted by atomic mass is 9.51. The fourth-order valence-corrected chi connectivity index (χ4v) is 5.60. The summed E-state index contributed by atoms with van der Waals surface area (Å²) in [5.74, 6) is 0.435. The number of hydrogen-bond donors (Lipinski definition) is 2. The Morgan fingerprint density at radius 3 is 2.82 bits per heavy atom. The Hall–Kier alpha value is -1.12. The SMILES string of the molecule is [2H]C1([2H])CC[C@@]([2H])(C#N)N1C(=O)CNC12CC3CC(CC(O)(C3)C1)C2. The maximum absolute atomic E-state index is 12.7. The van der Waals surface area contributed by atoms with Crippen LogP contribution in [0.5, 0.6) is 0 Å². The van der Waals surface area contributed by atoms with E-state index in [-0.39, 0.29) is 24.9 Å². The Morgan fingerprint density at radius 2 is 2.18 bits per heavy atom. The molecule has 4 aliphatic carbocycles. The standard InChI is InChI=1S/C17H25N3O2/c18-9-14-2-1-3-20(14)15(21)10-19-16-5-12-4-13(6-16)8-17(22,7-12)11-16/h12-14,19,22H,1-8,10-11H2/t12?,13?,14-,16?,17?/m0/s1/i3D2,14D. The first-order valence-corrected chi connectivity index (χ1v) is 8.31. The fraction of sp³-hybridized carbons (Fsp3) is 0.882. The number of nitriles is 1. The second-order valence-electron chi connectivity index (χ2n) is 7.77. The minimum atomic E-state index is -1.96. The third-order valence-corrected chi connectivity index (χ3v) is 5.92. The lowest BCUT2D eigenvalue weighted by molar-refractivity contribution is -0.147. The second-order valence-corrected chi connectivity index (χ2v) is 7.77. The number of likely N-dealkylation sites (tertiary alicyclic amines) is 1. The monoisotopic (exact) mass is 306 g/mol. The van der Waals surface area contributed by atoms with Gasteiger partial charge in [0.15, 0.2) is 0 Å². The summed E-state index contributed by atoms with van der Waals surface area (Å²) in [7, 11) is 0. The molecule has 1 saturated heterocycles. The van der Waals surface area contributed by atoms with Gasteiger partial charge in [-0.25, -0.2) is 0 Å². The van der Waals surface area contributed by atoms with Gasteiger partial charge in [0.05, 0.1) is 19.6 Å². The van der Waals surface area contributed by atoms with Gasteiger partial charge in [0, 0.05) is 14.8 Å². The minimum Gasteiger partial charge on any atom is -0.390 e. The van der Waals surface area contributed by atoms with Crippen LogP contribution in [0, 0.1) is 23.2 Å². The molecule has 1 heterocycles. The molecule has 0 aromatic heterocycles. The normalized spacial score (nSPS) is 53.6. The number of carbonyl (C=O) groups is 1. The van der Waals surface area contributed by atoms with E-state index in [0.717, 1.165) is 37.0 Å². The van der Waals surface area contributed by atoms with Crippen molar-refractivity contribution in [2.24, 2.45) is 11.8 Å². The number of nitrogens with one attached hydrogen (secondary N) is 1. The first-order chi connectivity index (χ1) is 11.6. The summed E-state index contributed by atoms with van der Waals surface area (Å²) in [6, 6.07) is -0.0407. The fourth-order valence-electron chi connectivity index (χ4n) is 5.60. The number of hydrogen-bond acceptors (Lipinski definition) is 4. The number of amides is 1. The molecule has 22 heavy (non-hydrogen) atoms. The van der Waals surface area contributed by atoms with Gasteiger partial charge in [-0.15, -0.1) is 0 Å². The van der Waals surface area contributed by atoms with Crippen molar-refractivity contribution in [1.29, 1.82) is 5.26 Å². The maximum atomic E-state index is 12.7. The van der Waals surface area contributed by atoms with E-state index < -0.39 is 24.0 Å². The molecule has 1 aliphatic heterocycles. The maximum Gasteiger partial charge on any atom is 0.237 e. The van der Waals surface area contributed by atoms with Gasteiger partial charge in [-0.05, 0) is 63.2 Å². The molecular weight excluding hydrogens is 278 g/mol. The Morgan fingerprint density at radius 1 is 1.45 bits per heavy atom. The van der Waals surface area contributed by atoms with Crippen LogP contribution in [-0.4, -0.2) is 46.1 Å². The van der Waals surface area contributed by atoms with Crippen molar-refractivity contribution in [3.05, 3.63) is 0 Å². The van der Waals surface area contributed by atoms with Gasteiger partial charge in [-0.1, -0.05) is 0 Å². The Kier molecular flexibility index (Phi) is 2.56. The highest BCUT2D eigenvalue weighted by Gasteiger charge is 2.57. The molecule has 4 saturated carbocycles. The smallest absolute Gasteiger partial charge is 0.237 e. The molecule has 0 aromatic rings. The molecule has 0 aromatic carbocycles. The Balaban J connectivity index is 1.48. The molecule has 5 aliphatic rings. The van der Waals surface area contributed by atoms with Gasteiger partial charge in [0.2, 0.25) is 5.91 Å². The lowest BCUT2D eigenvalue weighted by Gasteiger charge is -2.60. The van der Waals surface area contributed by atoms with E-state index in [0.29, 0.717) is 18.3 Å². The van der Waals surface area contributed by atoms with Gasteiger partial charge in [0.1, 0.15) is 6.02 Å². The largest absolute Gasteiger partial charge is 0.390 e. The summed E-state index contributed by atoms with van der Waals surface area (Å²) in [5, 5.41) is 23.4. The number of aliphatic hydroxyl groups is 1. The highest BCUT2D eigenvalue weighted by Crippen LogP contribution is 2.57. The van der Waals surface area contributed by atoms with E-state index in [1.807, 2.05) is 0 Å². The van der Waals surface area contributed by atoms with Crippen LogP contribution in [0.25, 0.3) is 0 Å². The average Bonchev–Trinajstić information content (AvgIpc) is 2.73. The van der Waals surface area contributed by atoms with E-state index in [2.05, 4.69) is 5.32 Å². The summed E-state index contributed by atoms with van der Waals surface area (Å²) < 4.78 is 24.1. The zero-order chi connectivity index (χ0) is 18.1. The van der Waals surface area contributed by atoms with Crippen LogP contribution in [0.2, 0.25) is 0 Å². The van der Waals surface area contributed by atoms with Crippen LogP contribution in [0.15, 0.2) is 0 Å². The first kappa shape index (κ1) is 11.4. The van der Waals surface area contributed by atoms with Crippen molar-refractivity contribution in [3.63, 3.8) is 0 Å². The number of nitrogens with zero attached hydrogens (tertiary/aromatic N) is 2. The van der Waals surface area contributed by atoms with Crippen LogP contribution in [0.4, 0.5) is 0 Å². The molecule has 5 nitrogen and oxygen atoms in total. The van der Waals surface area contributed by atoms with Crippen molar-refractivity contribution >= 4 is 5.91 Å². The predicted octanol–water partition coefficient (Wildman–Crippen LogP) is 1.17. The molecule has 1 amide bonds. The zero-order valence-electron chi connectivity index (χ0n) is 15.8. The van der Waals surface area contributed by atoms with E-state index in [1.54, 1.807) is 6.07 Å². The van der Waals surface area contributed by atoms with E-state index in [1.165, 1.54) is 0 Å². The highest BCUT2D eigenvalue weighted by molar-refractivity contribution is 5.79. The summed E-state index contributed by atoms with van der Waals surface area (Å²) >= 11 is 0. The quantitative estimate of drug-likeness (QED) is 0.821. The third-order valence-electron chi connectivity index (χ3n) is 5.92. The van der Waals surface area contributed by atoms with Crippen molar-refractivity contribution in [2.45, 2.75) is 68.5 Å². The first-order valence-electron chi connectivity index (χ1n) is 9.81. The Bertz CT molecular complexity index is 636. The minimum absolute atomic E-state index is 0.00480. The summed E-state index contributed by atoms with van der Waals surface area (Å²) in [6.07, 6.45) is 5.39. The molecule has 2 unspecified atom stereocenters. The third kappa shape index (κ3) is 2.33. The molecule has 5 rings (SSSR count). The summed E-state index contributed by atoms with van der Waals surface area (Å²) in [5.41, 5.74) is -0.896. The molecule has 0 spiro atoms. The molecule has 0 radical (unpaired) electrons. The summed E-state index contributed by atoms with van der Waals surface area (Å²) in [6.45, 7) is -2.05. The predicted molar refractivity (Wildman–Crippen MR) is 80.7 cm³/mol. The van der Waals surface area contributed by atoms with Crippen LogP contribution in [0.1, 0.15) is 55.5 Å². The van der Waals surface area contributed by atoms with Crippen LogP contribution in [-0.2, 0) is 4.79 Å². The van der Waals surface area contributed by atoms with E-state index in [9.17, 15) is 15.2 Å². The molecule has 5 heteroatoms.